The zero-order chi connectivity index (χ0) is 12.5. The molecule has 2 heterocycles. The van der Waals surface area contributed by atoms with Crippen LogP contribution < -0.4 is 0 Å². The summed E-state index contributed by atoms with van der Waals surface area (Å²) < 4.78 is 3.43. The molecular formula is C15H15NOS. The average Bonchev–Trinajstić information content (AvgIpc) is 2.97. The Kier molecular flexibility index (Phi) is 2.94. The largest absolute Gasteiger partial charge is 0.387 e. The van der Waals surface area contributed by atoms with E-state index in [9.17, 15) is 5.11 Å². The first-order valence-corrected chi connectivity index (χ1v) is 6.92. The average molecular weight is 257 g/mol. The molecule has 0 aliphatic rings. The molecule has 92 valence electrons. The molecule has 2 aromatic heterocycles. The van der Waals surface area contributed by atoms with Crippen molar-refractivity contribution in [1.82, 2.24) is 4.57 Å². The monoisotopic (exact) mass is 257 g/mol. The lowest BCUT2D eigenvalue weighted by Crippen LogP contribution is -2.05. The molecule has 1 N–H and O–H groups in total. The minimum absolute atomic E-state index is 0.426. The van der Waals surface area contributed by atoms with Gasteiger partial charge in [0, 0.05) is 23.1 Å². The highest BCUT2D eigenvalue weighted by Gasteiger charge is 2.09. The molecule has 0 aliphatic carbocycles. The quantitative estimate of drug-likeness (QED) is 0.758. The molecule has 0 spiro atoms. The van der Waals surface area contributed by atoms with E-state index >= 15 is 0 Å². The number of aliphatic hydroxyl groups is 1. The third kappa shape index (κ3) is 1.96. The summed E-state index contributed by atoms with van der Waals surface area (Å²) in [4.78, 5) is 0. The van der Waals surface area contributed by atoms with E-state index < -0.39 is 6.10 Å². The van der Waals surface area contributed by atoms with Gasteiger partial charge in [-0.3, -0.25) is 0 Å². The zero-order valence-electron chi connectivity index (χ0n) is 10.2. The maximum Gasteiger partial charge on any atom is 0.0911 e. The maximum absolute atomic E-state index is 9.72. The Balaban J connectivity index is 1.99. The van der Waals surface area contributed by atoms with Crippen molar-refractivity contribution in [1.29, 1.82) is 0 Å². The Morgan fingerprint density at radius 3 is 2.89 bits per heavy atom. The summed E-state index contributed by atoms with van der Waals surface area (Å²) in [6.45, 7) is 2.62. The van der Waals surface area contributed by atoms with Gasteiger partial charge in [-0.05, 0) is 41.5 Å². The molecule has 3 heteroatoms. The highest BCUT2D eigenvalue weighted by molar-refractivity contribution is 7.17. The lowest BCUT2D eigenvalue weighted by Gasteiger charge is -2.10. The summed E-state index contributed by atoms with van der Waals surface area (Å²) in [5, 5.41) is 13.2. The highest BCUT2D eigenvalue weighted by atomic mass is 32.1. The molecule has 1 atom stereocenters. The van der Waals surface area contributed by atoms with E-state index in [1.165, 1.54) is 15.6 Å². The number of hydrogen-bond acceptors (Lipinski definition) is 2. The molecule has 0 radical (unpaired) electrons. The van der Waals surface area contributed by atoms with Gasteiger partial charge < -0.3 is 9.67 Å². The summed E-state index contributed by atoms with van der Waals surface area (Å²) in [5.74, 6) is 0. The molecule has 0 aliphatic heterocycles. The van der Waals surface area contributed by atoms with Gasteiger partial charge in [-0.2, -0.15) is 0 Å². The zero-order valence-corrected chi connectivity index (χ0v) is 11.0. The van der Waals surface area contributed by atoms with E-state index in [1.54, 1.807) is 18.3 Å². The van der Waals surface area contributed by atoms with Crippen molar-refractivity contribution in [2.24, 2.45) is 0 Å². The molecule has 1 unspecified atom stereocenters. The Bertz CT molecular complexity index is 666. The Labute approximate surface area is 110 Å². The second-order valence-electron chi connectivity index (χ2n) is 4.49. The number of hydrogen-bond donors (Lipinski definition) is 1. The van der Waals surface area contributed by atoms with Crippen LogP contribution >= 0.6 is 11.3 Å². The molecular weight excluding hydrogens is 242 g/mol. The molecule has 0 saturated heterocycles. The first kappa shape index (κ1) is 11.5. The van der Waals surface area contributed by atoms with Gasteiger partial charge in [0.1, 0.15) is 0 Å². The van der Waals surface area contributed by atoms with Crippen LogP contribution in [-0.4, -0.2) is 9.67 Å². The number of nitrogens with zero attached hydrogens (tertiary/aromatic N) is 1. The molecule has 0 amide bonds. The third-order valence-corrected chi connectivity index (χ3v) is 4.21. The molecule has 3 rings (SSSR count). The predicted octanol–water partition coefficient (Wildman–Crippen LogP) is 3.80. The minimum Gasteiger partial charge on any atom is -0.387 e. The highest BCUT2D eigenvalue weighted by Crippen LogP contribution is 2.27. The van der Waals surface area contributed by atoms with Gasteiger partial charge >= 0.3 is 0 Å². The van der Waals surface area contributed by atoms with E-state index in [4.69, 9.17) is 0 Å². The molecule has 0 fully saturated rings. The fourth-order valence-electron chi connectivity index (χ4n) is 2.29. The fourth-order valence-corrected chi connectivity index (χ4v) is 3.24. The molecule has 0 bridgehead atoms. The summed E-state index contributed by atoms with van der Waals surface area (Å²) in [6, 6.07) is 12.4. The summed E-state index contributed by atoms with van der Waals surface area (Å²) >= 11 is 1.77. The molecule has 0 saturated carbocycles. The van der Waals surface area contributed by atoms with Crippen LogP contribution in [0.1, 0.15) is 24.3 Å². The van der Waals surface area contributed by atoms with Crippen LogP contribution in [-0.2, 0) is 6.54 Å². The SMILES string of the molecule is CC(O)c1cccn1Cc1csc2ccccc12. The van der Waals surface area contributed by atoms with Crippen LogP contribution in [0.25, 0.3) is 10.1 Å². The van der Waals surface area contributed by atoms with Gasteiger partial charge in [-0.1, -0.05) is 18.2 Å². The van der Waals surface area contributed by atoms with Crippen LogP contribution in [0, 0.1) is 0 Å². The second kappa shape index (κ2) is 4.59. The van der Waals surface area contributed by atoms with Gasteiger partial charge in [0.05, 0.1) is 6.10 Å². The maximum atomic E-state index is 9.72. The van der Waals surface area contributed by atoms with Crippen molar-refractivity contribution >= 4 is 21.4 Å². The van der Waals surface area contributed by atoms with Crippen molar-refractivity contribution in [3.05, 3.63) is 59.2 Å². The Morgan fingerprint density at radius 1 is 1.22 bits per heavy atom. The molecule has 3 aromatic rings. The summed E-state index contributed by atoms with van der Waals surface area (Å²) in [6.07, 6.45) is 1.60. The van der Waals surface area contributed by atoms with Crippen molar-refractivity contribution in [3.8, 4) is 0 Å². The second-order valence-corrected chi connectivity index (χ2v) is 5.41. The number of aromatic nitrogens is 1. The lowest BCUT2D eigenvalue weighted by atomic mass is 10.2. The Hall–Kier alpha value is -1.58. The Morgan fingerprint density at radius 2 is 2.06 bits per heavy atom. The normalized spacial score (nSPS) is 13.0. The van der Waals surface area contributed by atoms with Crippen LogP contribution in [0.15, 0.2) is 48.0 Å². The minimum atomic E-state index is -0.426. The number of fused-ring (bicyclic) bond motifs is 1. The van der Waals surface area contributed by atoms with Gasteiger partial charge in [0.2, 0.25) is 0 Å². The smallest absolute Gasteiger partial charge is 0.0911 e. The van der Waals surface area contributed by atoms with Crippen molar-refractivity contribution in [2.45, 2.75) is 19.6 Å². The number of thiophene rings is 1. The standard InChI is InChI=1S/C15H15NOS/c1-11(17)14-6-4-8-16(14)9-12-10-18-15-7-3-2-5-13(12)15/h2-8,10-11,17H,9H2,1H3. The summed E-state index contributed by atoms with van der Waals surface area (Å²) in [7, 11) is 0. The van der Waals surface area contributed by atoms with Crippen molar-refractivity contribution in [3.63, 3.8) is 0 Å². The first-order chi connectivity index (χ1) is 8.75. The van der Waals surface area contributed by atoms with Crippen LogP contribution in [0.2, 0.25) is 0 Å². The summed E-state index contributed by atoms with van der Waals surface area (Å²) in [5.41, 5.74) is 2.28. The lowest BCUT2D eigenvalue weighted by molar-refractivity contribution is 0.190. The third-order valence-electron chi connectivity index (χ3n) is 3.19. The van der Waals surface area contributed by atoms with E-state index in [-0.39, 0.29) is 0 Å². The van der Waals surface area contributed by atoms with Crippen LogP contribution in [0.3, 0.4) is 0 Å². The fraction of sp³-hybridized carbons (Fsp3) is 0.200. The van der Waals surface area contributed by atoms with E-state index in [2.05, 4.69) is 34.2 Å². The van der Waals surface area contributed by atoms with Crippen LogP contribution in [0.5, 0.6) is 0 Å². The number of benzene rings is 1. The number of aliphatic hydroxyl groups excluding tert-OH is 1. The van der Waals surface area contributed by atoms with E-state index in [1.807, 2.05) is 18.3 Å². The first-order valence-electron chi connectivity index (χ1n) is 6.04. The van der Waals surface area contributed by atoms with Crippen LogP contribution in [0.4, 0.5) is 0 Å². The van der Waals surface area contributed by atoms with Gasteiger partial charge in [0.25, 0.3) is 0 Å². The van der Waals surface area contributed by atoms with E-state index in [0.717, 1.165) is 12.2 Å². The molecule has 2 nitrogen and oxygen atoms in total. The predicted molar refractivity (Wildman–Crippen MR) is 76.0 cm³/mol. The topological polar surface area (TPSA) is 25.2 Å². The molecule has 18 heavy (non-hydrogen) atoms. The number of rotatable bonds is 3. The van der Waals surface area contributed by atoms with Crippen molar-refractivity contribution < 1.29 is 5.11 Å². The van der Waals surface area contributed by atoms with Crippen molar-refractivity contribution in [2.75, 3.05) is 0 Å². The molecule has 1 aromatic carbocycles. The van der Waals surface area contributed by atoms with Gasteiger partial charge in [0.15, 0.2) is 0 Å². The van der Waals surface area contributed by atoms with Gasteiger partial charge in [-0.25, -0.2) is 0 Å². The van der Waals surface area contributed by atoms with Gasteiger partial charge in [-0.15, -0.1) is 11.3 Å². The van der Waals surface area contributed by atoms with E-state index in [0.29, 0.717) is 0 Å².